The highest BCUT2D eigenvalue weighted by Gasteiger charge is 2.39. The Hall–Kier alpha value is -1.32. The third-order valence-electron chi connectivity index (χ3n) is 4.12. The quantitative estimate of drug-likeness (QED) is 0.829. The monoisotopic (exact) mass is 368 g/mol. The molecule has 1 atom stereocenters. The van der Waals surface area contributed by atoms with Gasteiger partial charge in [0.25, 0.3) is 5.91 Å². The molecule has 1 aliphatic rings. The SMILES string of the molecule is Cn1nc(C(F)(F)F)c(Cl)c1C(=O)NCCN1CCCC[C@@H]1CO. The van der Waals surface area contributed by atoms with Crippen LogP contribution in [0, 0.1) is 0 Å². The van der Waals surface area contributed by atoms with Crippen LogP contribution in [0.15, 0.2) is 0 Å². The fourth-order valence-corrected chi connectivity index (χ4v) is 3.24. The van der Waals surface area contributed by atoms with E-state index in [1.807, 2.05) is 0 Å². The van der Waals surface area contributed by atoms with Gasteiger partial charge in [-0.2, -0.15) is 18.3 Å². The van der Waals surface area contributed by atoms with Crippen LogP contribution in [-0.2, 0) is 13.2 Å². The Morgan fingerprint density at radius 1 is 1.46 bits per heavy atom. The van der Waals surface area contributed by atoms with E-state index in [0.29, 0.717) is 6.54 Å². The van der Waals surface area contributed by atoms with Crippen molar-refractivity contribution in [1.82, 2.24) is 20.0 Å². The maximum absolute atomic E-state index is 12.8. The molecule has 24 heavy (non-hydrogen) atoms. The Morgan fingerprint density at radius 3 is 2.75 bits per heavy atom. The smallest absolute Gasteiger partial charge is 0.395 e. The summed E-state index contributed by atoms with van der Waals surface area (Å²) in [6.45, 7) is 1.64. The number of aliphatic hydroxyl groups excluding tert-OH is 1. The molecule has 2 heterocycles. The predicted octanol–water partition coefficient (Wildman–Crippen LogP) is 1.67. The summed E-state index contributed by atoms with van der Waals surface area (Å²) in [5.74, 6) is -0.706. The maximum atomic E-state index is 12.8. The van der Waals surface area contributed by atoms with Crippen LogP contribution in [0.25, 0.3) is 0 Å². The molecule has 1 fully saturated rings. The first-order valence-corrected chi connectivity index (χ1v) is 8.06. The summed E-state index contributed by atoms with van der Waals surface area (Å²) in [4.78, 5) is 14.2. The first-order chi connectivity index (χ1) is 11.3. The lowest BCUT2D eigenvalue weighted by Gasteiger charge is -2.34. The van der Waals surface area contributed by atoms with Gasteiger partial charge in [0.15, 0.2) is 5.69 Å². The molecule has 6 nitrogen and oxygen atoms in total. The van der Waals surface area contributed by atoms with E-state index < -0.39 is 22.8 Å². The van der Waals surface area contributed by atoms with Crippen molar-refractivity contribution in [1.29, 1.82) is 0 Å². The number of aliphatic hydroxyl groups is 1. The normalized spacial score (nSPS) is 19.5. The standard InChI is InChI=1S/C14H20ClF3N4O2/c1-21-11(10(15)12(20-21)14(16,17)18)13(24)19-5-7-22-6-3-2-4-9(22)8-23/h9,23H,2-8H2,1H3,(H,19,24)/t9-/m1/s1. The lowest BCUT2D eigenvalue weighted by atomic mass is 10.0. The van der Waals surface area contributed by atoms with Crippen molar-refractivity contribution in [2.45, 2.75) is 31.5 Å². The molecule has 0 spiro atoms. The van der Waals surface area contributed by atoms with Gasteiger partial charge in [-0.25, -0.2) is 0 Å². The number of alkyl halides is 3. The van der Waals surface area contributed by atoms with Gasteiger partial charge >= 0.3 is 6.18 Å². The number of aromatic nitrogens is 2. The molecular weight excluding hydrogens is 349 g/mol. The molecule has 2 N–H and O–H groups in total. The number of nitrogens with zero attached hydrogens (tertiary/aromatic N) is 3. The summed E-state index contributed by atoms with van der Waals surface area (Å²) in [7, 11) is 1.24. The van der Waals surface area contributed by atoms with Crippen molar-refractivity contribution < 1.29 is 23.1 Å². The predicted molar refractivity (Wildman–Crippen MR) is 81.9 cm³/mol. The number of amides is 1. The summed E-state index contributed by atoms with van der Waals surface area (Å²) in [5.41, 5.74) is -1.59. The Balaban J connectivity index is 1.97. The first-order valence-electron chi connectivity index (χ1n) is 7.68. The van der Waals surface area contributed by atoms with Crippen LogP contribution in [-0.4, -0.2) is 58.0 Å². The van der Waals surface area contributed by atoms with E-state index in [2.05, 4.69) is 15.3 Å². The number of aryl methyl sites for hydroxylation is 1. The Bertz CT molecular complexity index is 591. The number of rotatable bonds is 5. The van der Waals surface area contributed by atoms with Crippen LogP contribution in [0.4, 0.5) is 13.2 Å². The molecule has 0 radical (unpaired) electrons. The van der Waals surface area contributed by atoms with Crippen LogP contribution in [0.3, 0.4) is 0 Å². The van der Waals surface area contributed by atoms with E-state index in [4.69, 9.17) is 11.6 Å². The number of halogens is 4. The lowest BCUT2D eigenvalue weighted by molar-refractivity contribution is -0.141. The maximum Gasteiger partial charge on any atom is 0.436 e. The number of nitrogens with one attached hydrogen (secondary N) is 1. The summed E-state index contributed by atoms with van der Waals surface area (Å²) in [6, 6.07) is 0.0628. The number of carbonyl (C=O) groups is 1. The molecular formula is C14H20ClF3N4O2. The van der Waals surface area contributed by atoms with Gasteiger partial charge in [0.05, 0.1) is 6.61 Å². The van der Waals surface area contributed by atoms with Crippen LogP contribution >= 0.6 is 11.6 Å². The highest BCUT2D eigenvalue weighted by atomic mass is 35.5. The van der Waals surface area contributed by atoms with Gasteiger partial charge in [-0.3, -0.25) is 14.4 Å². The highest BCUT2D eigenvalue weighted by Crippen LogP contribution is 2.35. The molecule has 0 unspecified atom stereocenters. The van der Waals surface area contributed by atoms with Gasteiger partial charge in [-0.1, -0.05) is 18.0 Å². The number of likely N-dealkylation sites (tertiary alicyclic amines) is 1. The fraction of sp³-hybridized carbons (Fsp3) is 0.714. The molecule has 1 aromatic heterocycles. The van der Waals surface area contributed by atoms with Crippen LogP contribution in [0.1, 0.15) is 35.4 Å². The Morgan fingerprint density at radius 2 is 2.17 bits per heavy atom. The molecule has 1 amide bonds. The number of piperidine rings is 1. The third-order valence-corrected chi connectivity index (χ3v) is 4.48. The lowest BCUT2D eigenvalue weighted by Crippen LogP contribution is -2.45. The van der Waals surface area contributed by atoms with E-state index in [1.54, 1.807) is 0 Å². The van der Waals surface area contributed by atoms with Crippen molar-refractivity contribution in [3.8, 4) is 0 Å². The average Bonchev–Trinajstić information content (AvgIpc) is 2.82. The number of hydrogen-bond acceptors (Lipinski definition) is 4. The fourth-order valence-electron chi connectivity index (χ4n) is 2.88. The van der Waals surface area contributed by atoms with Gasteiger partial charge in [0, 0.05) is 26.2 Å². The van der Waals surface area contributed by atoms with Crippen molar-refractivity contribution >= 4 is 17.5 Å². The summed E-state index contributed by atoms with van der Waals surface area (Å²) in [5, 5.41) is 14.5. The molecule has 1 aromatic rings. The average molecular weight is 369 g/mol. The summed E-state index contributed by atoms with van der Waals surface area (Å²) in [6.07, 6.45) is -1.74. The van der Waals surface area contributed by atoms with Crippen LogP contribution < -0.4 is 5.32 Å². The number of carbonyl (C=O) groups excluding carboxylic acids is 1. The van der Waals surface area contributed by atoms with Crippen molar-refractivity contribution in [2.75, 3.05) is 26.2 Å². The van der Waals surface area contributed by atoms with E-state index in [0.717, 1.165) is 30.5 Å². The second-order valence-electron chi connectivity index (χ2n) is 5.76. The van der Waals surface area contributed by atoms with Gasteiger partial charge in [-0.05, 0) is 19.4 Å². The Labute approximate surface area is 142 Å². The van der Waals surface area contributed by atoms with Crippen molar-refractivity contribution in [2.24, 2.45) is 7.05 Å². The molecule has 2 rings (SSSR count). The molecule has 0 aliphatic carbocycles. The second kappa shape index (κ2) is 7.71. The van der Waals surface area contributed by atoms with E-state index >= 15 is 0 Å². The molecule has 0 aromatic carbocycles. The Kier molecular flexibility index (Phi) is 6.11. The van der Waals surface area contributed by atoms with Gasteiger partial charge in [0.1, 0.15) is 10.7 Å². The summed E-state index contributed by atoms with van der Waals surface area (Å²) < 4.78 is 39.1. The van der Waals surface area contributed by atoms with E-state index in [-0.39, 0.29) is 24.9 Å². The first kappa shape index (κ1) is 19.0. The molecule has 10 heteroatoms. The molecule has 1 saturated heterocycles. The topological polar surface area (TPSA) is 70.4 Å². The number of hydrogen-bond donors (Lipinski definition) is 2. The largest absolute Gasteiger partial charge is 0.436 e. The highest BCUT2D eigenvalue weighted by molar-refractivity contribution is 6.34. The summed E-state index contributed by atoms with van der Waals surface area (Å²) >= 11 is 5.67. The molecule has 0 bridgehead atoms. The van der Waals surface area contributed by atoms with Crippen LogP contribution in [0.5, 0.6) is 0 Å². The van der Waals surface area contributed by atoms with E-state index in [1.165, 1.54) is 7.05 Å². The molecule has 136 valence electrons. The zero-order valence-electron chi connectivity index (χ0n) is 13.2. The van der Waals surface area contributed by atoms with Gasteiger partial charge in [0.2, 0.25) is 0 Å². The minimum atomic E-state index is -4.71. The van der Waals surface area contributed by atoms with Crippen molar-refractivity contribution in [3.63, 3.8) is 0 Å². The molecule has 1 aliphatic heterocycles. The minimum absolute atomic E-state index is 0.0520. The molecule has 0 saturated carbocycles. The van der Waals surface area contributed by atoms with E-state index in [9.17, 15) is 23.1 Å². The zero-order valence-corrected chi connectivity index (χ0v) is 14.0. The van der Waals surface area contributed by atoms with Gasteiger partial charge < -0.3 is 10.4 Å². The van der Waals surface area contributed by atoms with Crippen molar-refractivity contribution in [3.05, 3.63) is 16.4 Å². The van der Waals surface area contributed by atoms with Crippen LogP contribution in [0.2, 0.25) is 5.02 Å². The third kappa shape index (κ3) is 4.20. The minimum Gasteiger partial charge on any atom is -0.395 e. The van der Waals surface area contributed by atoms with Gasteiger partial charge in [-0.15, -0.1) is 0 Å². The second-order valence-corrected chi connectivity index (χ2v) is 6.13. The zero-order chi connectivity index (χ0) is 17.9.